The van der Waals surface area contributed by atoms with Gasteiger partial charge in [0.05, 0.1) is 12.7 Å². The number of thioether (sulfide) groups is 1. The van der Waals surface area contributed by atoms with Crippen LogP contribution >= 0.6 is 11.8 Å². The normalized spacial score (nSPS) is 32.1. The minimum Gasteiger partial charge on any atom is -0.377 e. The second-order valence-corrected chi connectivity index (χ2v) is 6.63. The molecule has 94 valence electrons. The van der Waals surface area contributed by atoms with Crippen LogP contribution in [0.1, 0.15) is 45.4 Å². The van der Waals surface area contributed by atoms with Crippen LogP contribution in [0.3, 0.4) is 0 Å². The van der Waals surface area contributed by atoms with Crippen molar-refractivity contribution < 1.29 is 4.74 Å². The minimum absolute atomic E-state index is 0.562. The van der Waals surface area contributed by atoms with Crippen LogP contribution < -0.4 is 5.32 Å². The zero-order chi connectivity index (χ0) is 11.2. The van der Waals surface area contributed by atoms with E-state index < -0.39 is 0 Å². The van der Waals surface area contributed by atoms with Crippen LogP contribution in [0.25, 0.3) is 0 Å². The lowest BCUT2D eigenvalue weighted by molar-refractivity contribution is 0.0296. The topological polar surface area (TPSA) is 21.3 Å². The van der Waals surface area contributed by atoms with Gasteiger partial charge in [0.1, 0.15) is 0 Å². The Bertz CT molecular complexity index is 188. The van der Waals surface area contributed by atoms with E-state index in [0.29, 0.717) is 6.10 Å². The van der Waals surface area contributed by atoms with Crippen molar-refractivity contribution >= 4 is 11.8 Å². The van der Waals surface area contributed by atoms with Crippen LogP contribution in [0.15, 0.2) is 0 Å². The van der Waals surface area contributed by atoms with Crippen LogP contribution in [0.5, 0.6) is 0 Å². The SMILES string of the molecule is CC1CC(NCCOC2CCCCC2)CS1. The van der Waals surface area contributed by atoms with Crippen molar-refractivity contribution in [1.29, 1.82) is 0 Å². The molecule has 1 N–H and O–H groups in total. The molecule has 1 heterocycles. The molecule has 1 saturated heterocycles. The molecule has 1 saturated carbocycles. The Kier molecular flexibility index (Phi) is 5.46. The smallest absolute Gasteiger partial charge is 0.0594 e. The van der Waals surface area contributed by atoms with E-state index in [9.17, 15) is 0 Å². The van der Waals surface area contributed by atoms with Gasteiger partial charge in [0.25, 0.3) is 0 Å². The summed E-state index contributed by atoms with van der Waals surface area (Å²) in [6.07, 6.45) is 8.62. The molecule has 2 atom stereocenters. The molecule has 0 aromatic carbocycles. The van der Waals surface area contributed by atoms with Crippen molar-refractivity contribution in [2.45, 2.75) is 62.8 Å². The number of rotatable bonds is 5. The van der Waals surface area contributed by atoms with Crippen LogP contribution in [-0.2, 0) is 4.74 Å². The van der Waals surface area contributed by atoms with Gasteiger partial charge in [-0.1, -0.05) is 26.2 Å². The van der Waals surface area contributed by atoms with E-state index in [2.05, 4.69) is 24.0 Å². The highest BCUT2D eigenvalue weighted by atomic mass is 32.2. The zero-order valence-electron chi connectivity index (χ0n) is 10.4. The van der Waals surface area contributed by atoms with Crippen LogP contribution in [-0.4, -0.2) is 36.3 Å². The first-order valence-electron chi connectivity index (χ1n) is 6.81. The second-order valence-electron chi connectivity index (χ2n) is 5.16. The maximum absolute atomic E-state index is 5.90. The van der Waals surface area contributed by atoms with Gasteiger partial charge in [0, 0.05) is 23.6 Å². The Labute approximate surface area is 104 Å². The molecule has 1 aliphatic carbocycles. The van der Waals surface area contributed by atoms with E-state index in [1.165, 1.54) is 44.3 Å². The summed E-state index contributed by atoms with van der Waals surface area (Å²) in [5, 5.41) is 4.45. The Morgan fingerprint density at radius 2 is 2.06 bits per heavy atom. The summed E-state index contributed by atoms with van der Waals surface area (Å²) in [5.74, 6) is 1.28. The fourth-order valence-electron chi connectivity index (χ4n) is 2.68. The fourth-order valence-corrected chi connectivity index (χ4v) is 3.86. The van der Waals surface area contributed by atoms with E-state index in [1.54, 1.807) is 0 Å². The summed E-state index contributed by atoms with van der Waals surface area (Å²) in [6, 6.07) is 0.731. The van der Waals surface area contributed by atoms with E-state index in [-0.39, 0.29) is 0 Å². The highest BCUT2D eigenvalue weighted by molar-refractivity contribution is 8.00. The van der Waals surface area contributed by atoms with Gasteiger partial charge >= 0.3 is 0 Å². The molecule has 2 fully saturated rings. The number of hydrogen-bond donors (Lipinski definition) is 1. The van der Waals surface area contributed by atoms with Gasteiger partial charge in [-0.05, 0) is 19.3 Å². The molecule has 0 aromatic heterocycles. The van der Waals surface area contributed by atoms with Crippen LogP contribution in [0.4, 0.5) is 0 Å². The van der Waals surface area contributed by atoms with Gasteiger partial charge in [-0.15, -0.1) is 0 Å². The lowest BCUT2D eigenvalue weighted by atomic mass is 9.98. The quantitative estimate of drug-likeness (QED) is 0.750. The average molecular weight is 243 g/mol. The van der Waals surface area contributed by atoms with E-state index in [0.717, 1.165) is 24.4 Å². The largest absolute Gasteiger partial charge is 0.377 e. The molecule has 0 aromatic rings. The highest BCUT2D eigenvalue weighted by Gasteiger charge is 2.21. The highest BCUT2D eigenvalue weighted by Crippen LogP contribution is 2.25. The molecule has 3 heteroatoms. The maximum Gasteiger partial charge on any atom is 0.0594 e. The molecular weight excluding hydrogens is 218 g/mol. The van der Waals surface area contributed by atoms with Crippen LogP contribution in [0, 0.1) is 0 Å². The van der Waals surface area contributed by atoms with Gasteiger partial charge in [-0.3, -0.25) is 0 Å². The Morgan fingerprint density at radius 1 is 1.25 bits per heavy atom. The number of nitrogens with one attached hydrogen (secondary N) is 1. The summed E-state index contributed by atoms with van der Waals surface area (Å²) >= 11 is 2.09. The third-order valence-corrected chi connectivity index (χ3v) is 5.00. The third-order valence-electron chi connectivity index (χ3n) is 3.64. The van der Waals surface area contributed by atoms with Crippen molar-refractivity contribution in [3.8, 4) is 0 Å². The summed E-state index contributed by atoms with van der Waals surface area (Å²) in [4.78, 5) is 0. The lowest BCUT2D eigenvalue weighted by Crippen LogP contribution is -2.33. The minimum atomic E-state index is 0.562. The first kappa shape index (κ1) is 12.7. The monoisotopic (exact) mass is 243 g/mol. The summed E-state index contributed by atoms with van der Waals surface area (Å²) < 4.78 is 5.90. The summed E-state index contributed by atoms with van der Waals surface area (Å²) in [6.45, 7) is 4.26. The number of hydrogen-bond acceptors (Lipinski definition) is 3. The Hall–Kier alpha value is 0.270. The summed E-state index contributed by atoms with van der Waals surface area (Å²) in [5.41, 5.74) is 0. The predicted molar refractivity (Wildman–Crippen MR) is 71.2 cm³/mol. The first-order chi connectivity index (χ1) is 7.84. The van der Waals surface area contributed by atoms with E-state index in [4.69, 9.17) is 4.74 Å². The molecular formula is C13H25NOS. The molecule has 2 nitrogen and oxygen atoms in total. The molecule has 2 rings (SSSR count). The average Bonchev–Trinajstić information content (AvgIpc) is 2.72. The Morgan fingerprint density at radius 3 is 2.75 bits per heavy atom. The maximum atomic E-state index is 5.90. The molecule has 0 amide bonds. The Balaban J connectivity index is 1.48. The molecule has 1 aliphatic heterocycles. The lowest BCUT2D eigenvalue weighted by Gasteiger charge is -2.22. The van der Waals surface area contributed by atoms with Crippen molar-refractivity contribution in [3.05, 3.63) is 0 Å². The molecule has 0 radical (unpaired) electrons. The fraction of sp³-hybridized carbons (Fsp3) is 1.00. The van der Waals surface area contributed by atoms with Crippen molar-refractivity contribution in [1.82, 2.24) is 5.32 Å². The third kappa shape index (κ3) is 4.27. The summed E-state index contributed by atoms with van der Waals surface area (Å²) in [7, 11) is 0. The molecule has 16 heavy (non-hydrogen) atoms. The molecule has 2 unspecified atom stereocenters. The van der Waals surface area contributed by atoms with Crippen molar-refractivity contribution in [2.24, 2.45) is 0 Å². The van der Waals surface area contributed by atoms with Crippen molar-refractivity contribution in [2.75, 3.05) is 18.9 Å². The second kappa shape index (κ2) is 6.87. The van der Waals surface area contributed by atoms with E-state index >= 15 is 0 Å². The van der Waals surface area contributed by atoms with Gasteiger partial charge in [-0.25, -0.2) is 0 Å². The molecule has 2 aliphatic rings. The van der Waals surface area contributed by atoms with Gasteiger partial charge in [0.2, 0.25) is 0 Å². The van der Waals surface area contributed by atoms with Crippen LogP contribution in [0.2, 0.25) is 0 Å². The van der Waals surface area contributed by atoms with Crippen molar-refractivity contribution in [3.63, 3.8) is 0 Å². The first-order valence-corrected chi connectivity index (χ1v) is 7.86. The number of ether oxygens (including phenoxy) is 1. The zero-order valence-corrected chi connectivity index (χ0v) is 11.2. The standard InChI is InChI=1S/C13H25NOS/c1-11-9-12(10-16-11)14-7-8-15-13-5-3-2-4-6-13/h11-14H,2-10H2,1H3. The molecule has 0 spiro atoms. The molecule has 0 bridgehead atoms. The predicted octanol–water partition coefficient (Wildman–Crippen LogP) is 2.82. The van der Waals surface area contributed by atoms with Gasteiger partial charge < -0.3 is 10.1 Å². The van der Waals surface area contributed by atoms with Gasteiger partial charge in [0.15, 0.2) is 0 Å². The van der Waals surface area contributed by atoms with Gasteiger partial charge in [-0.2, -0.15) is 11.8 Å². The van der Waals surface area contributed by atoms with E-state index in [1.807, 2.05) is 0 Å².